The number of urea groups is 1. The third-order valence-electron chi connectivity index (χ3n) is 5.35. The van der Waals surface area contributed by atoms with Crippen LogP contribution < -0.4 is 10.6 Å². The number of likely N-dealkylation sites (tertiary alicyclic amines) is 1. The normalized spacial score (nSPS) is 15.2. The number of ether oxygens (including phenoxy) is 2. The fourth-order valence-corrected chi connectivity index (χ4v) is 3.82. The number of carbonyl (C=O) groups excluding carboxylic acids is 1. The summed E-state index contributed by atoms with van der Waals surface area (Å²) in [6.45, 7) is 8.37. The van der Waals surface area contributed by atoms with Gasteiger partial charge in [-0.3, -0.25) is 4.90 Å². The Morgan fingerprint density at radius 1 is 1.03 bits per heavy atom. The highest BCUT2D eigenvalue weighted by Crippen LogP contribution is 2.24. The summed E-state index contributed by atoms with van der Waals surface area (Å²) in [6, 6.07) is 18.2. The molecule has 0 spiro atoms. The highest BCUT2D eigenvalue weighted by molar-refractivity contribution is 5.89. The van der Waals surface area contributed by atoms with Gasteiger partial charge in [-0.2, -0.15) is 0 Å². The average molecular weight is 426 g/mol. The van der Waals surface area contributed by atoms with Gasteiger partial charge in [0.05, 0.1) is 32.0 Å². The van der Waals surface area contributed by atoms with E-state index in [1.165, 1.54) is 18.4 Å². The first-order chi connectivity index (χ1) is 15.1. The number of carbonyl (C=O) groups is 1. The molecule has 1 aliphatic heterocycles. The van der Waals surface area contributed by atoms with Crippen molar-refractivity contribution in [2.45, 2.75) is 45.4 Å². The van der Waals surface area contributed by atoms with Crippen molar-refractivity contribution in [1.29, 1.82) is 0 Å². The van der Waals surface area contributed by atoms with Crippen LogP contribution >= 0.6 is 0 Å². The van der Waals surface area contributed by atoms with Crippen LogP contribution in [0.4, 0.5) is 10.5 Å². The smallest absolute Gasteiger partial charge is 0.319 e. The third-order valence-corrected chi connectivity index (χ3v) is 5.35. The molecular weight excluding hydrogens is 390 g/mol. The predicted octanol–water partition coefficient (Wildman–Crippen LogP) is 4.59. The zero-order valence-electron chi connectivity index (χ0n) is 18.7. The first kappa shape index (κ1) is 23.3. The molecule has 0 radical (unpaired) electrons. The summed E-state index contributed by atoms with van der Waals surface area (Å²) in [5.41, 5.74) is 3.02. The summed E-state index contributed by atoms with van der Waals surface area (Å²) in [7, 11) is 0. The number of hydrogen-bond acceptors (Lipinski definition) is 4. The molecule has 2 N–H and O–H groups in total. The van der Waals surface area contributed by atoms with Crippen LogP contribution in [0.25, 0.3) is 0 Å². The van der Waals surface area contributed by atoms with Crippen molar-refractivity contribution in [3.05, 3.63) is 65.7 Å². The topological polar surface area (TPSA) is 62.8 Å². The maximum atomic E-state index is 12.5. The molecule has 6 nitrogen and oxygen atoms in total. The van der Waals surface area contributed by atoms with Gasteiger partial charge in [-0.05, 0) is 63.0 Å². The molecule has 1 unspecified atom stereocenters. The summed E-state index contributed by atoms with van der Waals surface area (Å²) < 4.78 is 11.1. The number of benzene rings is 2. The summed E-state index contributed by atoms with van der Waals surface area (Å²) in [4.78, 5) is 15.0. The van der Waals surface area contributed by atoms with Gasteiger partial charge in [0.15, 0.2) is 0 Å². The molecule has 0 bridgehead atoms. The lowest BCUT2D eigenvalue weighted by molar-refractivity contribution is 0.0143. The van der Waals surface area contributed by atoms with Gasteiger partial charge in [-0.15, -0.1) is 0 Å². The minimum absolute atomic E-state index is 0.191. The van der Waals surface area contributed by atoms with Crippen LogP contribution in [0.2, 0.25) is 0 Å². The largest absolute Gasteiger partial charge is 0.376 e. The maximum absolute atomic E-state index is 12.5. The Bertz CT molecular complexity index is 792. The molecule has 1 aliphatic rings. The molecule has 31 heavy (non-hydrogen) atoms. The van der Waals surface area contributed by atoms with Gasteiger partial charge in [0, 0.05) is 12.2 Å². The molecule has 1 fully saturated rings. The molecule has 2 aromatic rings. The van der Waals surface area contributed by atoms with Crippen molar-refractivity contribution in [2.75, 3.05) is 38.2 Å². The van der Waals surface area contributed by atoms with E-state index in [0.717, 1.165) is 24.3 Å². The van der Waals surface area contributed by atoms with Gasteiger partial charge in [0.1, 0.15) is 0 Å². The Morgan fingerprint density at radius 3 is 2.55 bits per heavy atom. The fourth-order valence-electron chi connectivity index (χ4n) is 3.82. The van der Waals surface area contributed by atoms with Crippen LogP contribution in [0, 0.1) is 0 Å². The standard InChI is InChI=1S/C25H35N3O3/c1-20(2)31-16-15-30-19-21-9-8-12-23(17-21)27-25(29)26-18-24(28-13-6-7-14-28)22-10-4-3-5-11-22/h3-5,8-12,17,20,24H,6-7,13-16,18-19H2,1-2H3,(H2,26,27,29). The molecule has 6 heteroatoms. The molecule has 1 heterocycles. The Morgan fingerprint density at radius 2 is 1.81 bits per heavy atom. The fraction of sp³-hybridized carbons (Fsp3) is 0.480. The Kier molecular flexibility index (Phi) is 9.34. The van der Waals surface area contributed by atoms with Crippen molar-refractivity contribution in [3.8, 4) is 0 Å². The molecule has 0 aromatic heterocycles. The average Bonchev–Trinajstić information content (AvgIpc) is 3.29. The highest BCUT2D eigenvalue weighted by Gasteiger charge is 2.23. The Labute approximate surface area is 185 Å². The van der Waals surface area contributed by atoms with Gasteiger partial charge in [-0.25, -0.2) is 4.79 Å². The van der Waals surface area contributed by atoms with Crippen molar-refractivity contribution in [2.24, 2.45) is 0 Å². The van der Waals surface area contributed by atoms with E-state index in [1.807, 2.05) is 44.2 Å². The van der Waals surface area contributed by atoms with Crippen molar-refractivity contribution in [1.82, 2.24) is 10.2 Å². The third kappa shape index (κ3) is 7.98. The molecule has 2 amide bonds. The van der Waals surface area contributed by atoms with Crippen LogP contribution in [-0.2, 0) is 16.1 Å². The Balaban J connectivity index is 1.48. The van der Waals surface area contributed by atoms with Gasteiger partial charge in [0.25, 0.3) is 0 Å². The number of rotatable bonds is 11. The second-order valence-corrected chi connectivity index (χ2v) is 8.18. The second-order valence-electron chi connectivity index (χ2n) is 8.18. The lowest BCUT2D eigenvalue weighted by atomic mass is 10.1. The van der Waals surface area contributed by atoms with Crippen LogP contribution in [0.15, 0.2) is 54.6 Å². The SMILES string of the molecule is CC(C)OCCOCc1cccc(NC(=O)NCC(c2ccccc2)N2CCCC2)c1. The molecule has 1 atom stereocenters. The monoisotopic (exact) mass is 425 g/mol. The highest BCUT2D eigenvalue weighted by atomic mass is 16.5. The maximum Gasteiger partial charge on any atom is 0.319 e. The quantitative estimate of drug-likeness (QED) is 0.517. The first-order valence-electron chi connectivity index (χ1n) is 11.2. The van der Waals surface area contributed by atoms with Crippen LogP contribution in [0.1, 0.15) is 43.9 Å². The van der Waals surface area contributed by atoms with Crippen LogP contribution in [0.5, 0.6) is 0 Å². The van der Waals surface area contributed by atoms with E-state index in [4.69, 9.17) is 9.47 Å². The minimum Gasteiger partial charge on any atom is -0.376 e. The van der Waals surface area contributed by atoms with E-state index < -0.39 is 0 Å². The second kappa shape index (κ2) is 12.4. The van der Waals surface area contributed by atoms with Crippen molar-refractivity contribution in [3.63, 3.8) is 0 Å². The number of nitrogens with one attached hydrogen (secondary N) is 2. The molecule has 1 saturated heterocycles. The number of amides is 2. The number of nitrogens with zero attached hydrogens (tertiary/aromatic N) is 1. The number of anilines is 1. The summed E-state index contributed by atoms with van der Waals surface area (Å²) >= 11 is 0. The van der Waals surface area contributed by atoms with E-state index in [1.54, 1.807) is 0 Å². The van der Waals surface area contributed by atoms with Crippen LogP contribution in [0.3, 0.4) is 0 Å². The van der Waals surface area contributed by atoms with Gasteiger partial charge >= 0.3 is 6.03 Å². The van der Waals surface area contributed by atoms with Gasteiger partial charge in [-0.1, -0.05) is 42.5 Å². The zero-order valence-corrected chi connectivity index (χ0v) is 18.7. The van der Waals surface area contributed by atoms with E-state index in [9.17, 15) is 4.79 Å². The van der Waals surface area contributed by atoms with E-state index in [-0.39, 0.29) is 18.2 Å². The molecular formula is C25H35N3O3. The zero-order chi connectivity index (χ0) is 21.9. The molecule has 0 saturated carbocycles. The summed E-state index contributed by atoms with van der Waals surface area (Å²) in [5, 5.41) is 6.00. The van der Waals surface area contributed by atoms with Crippen molar-refractivity contribution < 1.29 is 14.3 Å². The van der Waals surface area contributed by atoms with E-state index >= 15 is 0 Å². The van der Waals surface area contributed by atoms with E-state index in [0.29, 0.717) is 26.4 Å². The lowest BCUT2D eigenvalue weighted by Crippen LogP contribution is -2.38. The molecule has 168 valence electrons. The summed E-state index contributed by atoms with van der Waals surface area (Å²) in [6.07, 6.45) is 2.64. The molecule has 3 rings (SSSR count). The first-order valence-corrected chi connectivity index (χ1v) is 11.2. The van der Waals surface area contributed by atoms with Gasteiger partial charge < -0.3 is 20.1 Å². The van der Waals surface area contributed by atoms with Gasteiger partial charge in [0.2, 0.25) is 0 Å². The van der Waals surface area contributed by atoms with E-state index in [2.05, 4.69) is 39.8 Å². The van der Waals surface area contributed by atoms with Crippen LogP contribution in [-0.4, -0.2) is 49.9 Å². The summed E-state index contributed by atoms with van der Waals surface area (Å²) in [5.74, 6) is 0. The predicted molar refractivity (Wildman–Crippen MR) is 124 cm³/mol. The Hall–Kier alpha value is -2.41. The molecule has 0 aliphatic carbocycles. The number of hydrogen-bond donors (Lipinski definition) is 2. The lowest BCUT2D eigenvalue weighted by Gasteiger charge is -2.28. The molecule has 2 aromatic carbocycles. The van der Waals surface area contributed by atoms with Crippen molar-refractivity contribution >= 4 is 11.7 Å². The minimum atomic E-state index is -0.191.